The second-order valence-corrected chi connectivity index (χ2v) is 8.09. The van der Waals surface area contributed by atoms with Crippen LogP contribution in [0.25, 0.3) is 0 Å². The summed E-state index contributed by atoms with van der Waals surface area (Å²) in [7, 11) is 1.74. The number of unbranched alkanes of at least 4 members (excludes halogenated alkanes) is 1. The van der Waals surface area contributed by atoms with Crippen LogP contribution in [0.15, 0.2) is 53.6 Å². The molecule has 0 aliphatic carbocycles. The molecule has 2 aliphatic heterocycles. The Morgan fingerprint density at radius 1 is 0.938 bits per heavy atom. The fourth-order valence-electron chi connectivity index (χ4n) is 4.06. The van der Waals surface area contributed by atoms with E-state index in [0.29, 0.717) is 0 Å². The number of para-hydroxylation sites is 2. The van der Waals surface area contributed by atoms with Crippen LogP contribution in [0.4, 0.5) is 5.69 Å². The minimum absolute atomic E-state index is 0.763. The fourth-order valence-corrected chi connectivity index (χ4v) is 4.06. The van der Waals surface area contributed by atoms with E-state index in [-0.39, 0.29) is 0 Å². The summed E-state index contributed by atoms with van der Waals surface area (Å²) in [6.45, 7) is 7.00. The molecule has 2 aliphatic rings. The Morgan fingerprint density at radius 3 is 2.50 bits per heavy atom. The quantitative estimate of drug-likeness (QED) is 0.523. The van der Waals surface area contributed by atoms with Crippen molar-refractivity contribution in [3.8, 4) is 11.5 Å². The molecule has 0 radical (unpaired) electrons. The molecule has 0 spiro atoms. The number of ether oxygens (including phenoxy) is 2. The van der Waals surface area contributed by atoms with Gasteiger partial charge in [0.1, 0.15) is 17.8 Å². The third kappa shape index (κ3) is 6.27. The van der Waals surface area contributed by atoms with Gasteiger partial charge in [0.15, 0.2) is 0 Å². The predicted molar refractivity (Wildman–Crippen MR) is 128 cm³/mol. The van der Waals surface area contributed by atoms with Gasteiger partial charge in [0, 0.05) is 32.7 Å². The number of hydrogen-bond acceptors (Lipinski definition) is 8. The summed E-state index contributed by atoms with van der Waals surface area (Å²) in [5.41, 5.74) is 8.36. The monoisotopic (exact) mass is 438 g/mol. The summed E-state index contributed by atoms with van der Waals surface area (Å²) in [4.78, 5) is 4.98. The lowest BCUT2D eigenvalue weighted by Gasteiger charge is -2.36. The second-order valence-electron chi connectivity index (χ2n) is 8.09. The molecule has 4 rings (SSSR count). The van der Waals surface area contributed by atoms with Crippen molar-refractivity contribution in [2.24, 2.45) is 5.10 Å². The van der Waals surface area contributed by atoms with Gasteiger partial charge in [-0.1, -0.05) is 24.3 Å². The number of hydrazone groups is 1. The third-order valence-corrected chi connectivity index (χ3v) is 5.94. The number of methoxy groups -OCH3 is 1. The molecule has 32 heavy (non-hydrogen) atoms. The van der Waals surface area contributed by atoms with Crippen molar-refractivity contribution in [3.05, 3.63) is 54.1 Å². The Bertz CT molecular complexity index is 844. The van der Waals surface area contributed by atoms with Crippen LogP contribution in [0, 0.1) is 0 Å². The van der Waals surface area contributed by atoms with Gasteiger partial charge in [0.25, 0.3) is 0 Å². The Balaban J connectivity index is 1.08. The fraction of sp³-hybridized carbons (Fsp3) is 0.458. The van der Waals surface area contributed by atoms with Crippen molar-refractivity contribution < 1.29 is 9.47 Å². The predicted octanol–water partition coefficient (Wildman–Crippen LogP) is 2.49. The summed E-state index contributed by atoms with van der Waals surface area (Å²) in [5.74, 6) is 1.90. The standard InChI is InChI=1S/C24H34N6O2/c1-31-24-7-3-2-6-23(24)29-17-15-28(16-18-29)13-4-5-19-32-22-10-8-21(9-11-22)12-14-30-26-20-25-27-30/h2-3,6-11,20,27H,4-5,12-19H2,1H3,(H,25,26). The number of piperazine rings is 1. The van der Waals surface area contributed by atoms with Crippen molar-refractivity contribution in [2.75, 3.05) is 57.9 Å². The van der Waals surface area contributed by atoms with Crippen LogP contribution in [0.2, 0.25) is 0 Å². The SMILES string of the molecule is COc1ccccc1N1CCN(CCCCOc2ccc(CCN3NC=NN3)cc2)CC1. The molecule has 0 saturated carbocycles. The summed E-state index contributed by atoms with van der Waals surface area (Å²) in [6, 6.07) is 16.7. The zero-order valence-corrected chi connectivity index (χ0v) is 18.9. The van der Waals surface area contributed by atoms with E-state index in [4.69, 9.17) is 9.47 Å². The molecule has 2 aromatic carbocycles. The highest BCUT2D eigenvalue weighted by Crippen LogP contribution is 2.28. The Morgan fingerprint density at radius 2 is 1.75 bits per heavy atom. The molecule has 172 valence electrons. The summed E-state index contributed by atoms with van der Waals surface area (Å²) < 4.78 is 11.4. The molecule has 0 atom stereocenters. The molecule has 8 heteroatoms. The van der Waals surface area contributed by atoms with Gasteiger partial charge < -0.3 is 14.4 Å². The van der Waals surface area contributed by atoms with Gasteiger partial charge in [-0.05, 0) is 55.6 Å². The first-order valence-corrected chi connectivity index (χ1v) is 11.4. The Hall–Kier alpha value is -2.97. The lowest BCUT2D eigenvalue weighted by molar-refractivity contribution is 0.183. The summed E-state index contributed by atoms with van der Waals surface area (Å²) in [5, 5.41) is 5.75. The van der Waals surface area contributed by atoms with E-state index in [2.05, 4.69) is 62.3 Å². The maximum atomic E-state index is 5.93. The van der Waals surface area contributed by atoms with E-state index < -0.39 is 0 Å². The third-order valence-electron chi connectivity index (χ3n) is 5.94. The maximum Gasteiger partial charge on any atom is 0.142 e. The highest BCUT2D eigenvalue weighted by Gasteiger charge is 2.19. The molecule has 1 fully saturated rings. The normalized spacial score (nSPS) is 16.6. The first-order chi connectivity index (χ1) is 15.8. The highest BCUT2D eigenvalue weighted by atomic mass is 16.5. The molecular formula is C24H34N6O2. The molecule has 2 aromatic rings. The number of nitrogens with one attached hydrogen (secondary N) is 2. The summed E-state index contributed by atoms with van der Waals surface area (Å²) in [6.07, 6.45) is 4.80. The van der Waals surface area contributed by atoms with Crippen molar-refractivity contribution in [1.82, 2.24) is 21.0 Å². The van der Waals surface area contributed by atoms with Crippen molar-refractivity contribution in [1.29, 1.82) is 0 Å². The van der Waals surface area contributed by atoms with Crippen LogP contribution in [0.1, 0.15) is 18.4 Å². The van der Waals surface area contributed by atoms with E-state index >= 15 is 0 Å². The van der Waals surface area contributed by atoms with Crippen molar-refractivity contribution >= 4 is 12.0 Å². The summed E-state index contributed by atoms with van der Waals surface area (Å²) >= 11 is 0. The van der Waals surface area contributed by atoms with E-state index in [1.807, 2.05) is 17.3 Å². The van der Waals surface area contributed by atoms with Gasteiger partial charge in [-0.3, -0.25) is 10.3 Å². The van der Waals surface area contributed by atoms with E-state index in [0.717, 1.165) is 76.6 Å². The van der Waals surface area contributed by atoms with Crippen LogP contribution in [-0.2, 0) is 6.42 Å². The van der Waals surface area contributed by atoms with Crippen LogP contribution in [-0.4, -0.2) is 69.3 Å². The smallest absolute Gasteiger partial charge is 0.142 e. The topological polar surface area (TPSA) is 64.6 Å². The molecule has 8 nitrogen and oxygen atoms in total. The van der Waals surface area contributed by atoms with Gasteiger partial charge in [0.05, 0.1) is 19.4 Å². The average molecular weight is 439 g/mol. The van der Waals surface area contributed by atoms with Crippen LogP contribution in [0.3, 0.4) is 0 Å². The van der Waals surface area contributed by atoms with Crippen LogP contribution in [0.5, 0.6) is 11.5 Å². The van der Waals surface area contributed by atoms with Gasteiger partial charge >= 0.3 is 0 Å². The number of anilines is 1. The molecule has 0 bridgehead atoms. The van der Waals surface area contributed by atoms with E-state index in [9.17, 15) is 0 Å². The zero-order chi connectivity index (χ0) is 22.0. The van der Waals surface area contributed by atoms with E-state index in [1.54, 1.807) is 13.4 Å². The molecule has 2 heterocycles. The number of hydrogen-bond donors (Lipinski definition) is 2. The molecular weight excluding hydrogens is 404 g/mol. The number of benzene rings is 2. The van der Waals surface area contributed by atoms with Gasteiger partial charge in [-0.15, -0.1) is 5.12 Å². The van der Waals surface area contributed by atoms with Gasteiger partial charge in [-0.2, -0.15) is 5.10 Å². The minimum atomic E-state index is 0.763. The first-order valence-electron chi connectivity index (χ1n) is 11.4. The van der Waals surface area contributed by atoms with Gasteiger partial charge in [0.2, 0.25) is 0 Å². The van der Waals surface area contributed by atoms with Gasteiger partial charge in [-0.25, -0.2) is 5.53 Å². The average Bonchev–Trinajstić information content (AvgIpc) is 3.37. The maximum absolute atomic E-state index is 5.93. The largest absolute Gasteiger partial charge is 0.495 e. The van der Waals surface area contributed by atoms with E-state index in [1.165, 1.54) is 11.3 Å². The molecule has 0 unspecified atom stereocenters. The second kappa shape index (κ2) is 11.6. The zero-order valence-electron chi connectivity index (χ0n) is 18.9. The molecule has 2 N–H and O–H groups in total. The number of rotatable bonds is 11. The lowest BCUT2D eigenvalue weighted by Crippen LogP contribution is -2.46. The van der Waals surface area contributed by atoms with Crippen molar-refractivity contribution in [3.63, 3.8) is 0 Å². The first kappa shape index (κ1) is 22.2. The Kier molecular flexibility index (Phi) is 8.05. The lowest BCUT2D eigenvalue weighted by atomic mass is 10.1. The number of hydrazine groups is 2. The van der Waals surface area contributed by atoms with Crippen LogP contribution >= 0.6 is 0 Å². The molecule has 0 aromatic heterocycles. The van der Waals surface area contributed by atoms with Crippen LogP contribution < -0.4 is 25.3 Å². The van der Waals surface area contributed by atoms with Crippen molar-refractivity contribution in [2.45, 2.75) is 19.3 Å². The highest BCUT2D eigenvalue weighted by molar-refractivity contribution is 5.58. The molecule has 1 saturated heterocycles. The minimum Gasteiger partial charge on any atom is -0.495 e. The Labute approximate surface area is 190 Å². The number of nitrogens with zero attached hydrogens (tertiary/aromatic N) is 4. The molecule has 0 amide bonds.